The molecule has 0 spiro atoms. The lowest BCUT2D eigenvalue weighted by Crippen LogP contribution is -2.10. The zero-order chi connectivity index (χ0) is 16.4. The van der Waals surface area contributed by atoms with Gasteiger partial charge in [-0.1, -0.05) is 46.3 Å². The van der Waals surface area contributed by atoms with Crippen molar-refractivity contribution in [3.05, 3.63) is 64.3 Å². The molecule has 2 aromatic carbocycles. The van der Waals surface area contributed by atoms with Gasteiger partial charge in [0.25, 0.3) is 0 Å². The van der Waals surface area contributed by atoms with Crippen molar-refractivity contribution in [3.63, 3.8) is 0 Å². The molecule has 0 saturated carbocycles. The molecule has 0 aliphatic rings. The topological polar surface area (TPSA) is 39.2 Å². The lowest BCUT2D eigenvalue weighted by molar-refractivity contribution is 0.0526. The number of carbonyl (C=O) groups excluding carboxylic acids is 1. The average molecular weight is 370 g/mol. The molecule has 0 N–H and O–H groups in total. The van der Waals surface area contributed by atoms with Gasteiger partial charge in [-0.25, -0.2) is 4.79 Å². The second kappa shape index (κ2) is 6.50. The summed E-state index contributed by atoms with van der Waals surface area (Å²) in [5, 5.41) is 0.930. The van der Waals surface area contributed by atoms with Crippen LogP contribution in [0.5, 0.6) is 0 Å². The monoisotopic (exact) mass is 369 g/mol. The molecule has 23 heavy (non-hydrogen) atoms. The Kier molecular flexibility index (Phi) is 4.44. The van der Waals surface area contributed by atoms with Gasteiger partial charge in [-0.05, 0) is 37.6 Å². The Bertz CT molecular complexity index is 875. The second-order valence-electron chi connectivity index (χ2n) is 5.20. The number of aromatic nitrogens is 1. The molecule has 0 aliphatic carbocycles. The molecule has 0 unspecified atom stereocenters. The number of rotatable bonds is 3. The van der Waals surface area contributed by atoms with Gasteiger partial charge in [0.2, 0.25) is 0 Å². The van der Waals surface area contributed by atoms with Crippen LogP contribution in [0.4, 0.5) is 0 Å². The van der Waals surface area contributed by atoms with Crippen LogP contribution in [0, 0.1) is 6.92 Å². The molecule has 4 heteroatoms. The zero-order valence-electron chi connectivity index (χ0n) is 13.0. The lowest BCUT2D eigenvalue weighted by Gasteiger charge is -2.15. The van der Waals surface area contributed by atoms with Crippen molar-refractivity contribution in [2.24, 2.45) is 0 Å². The minimum atomic E-state index is -0.335. The predicted octanol–water partition coefficient (Wildman–Crippen LogP) is 5.15. The van der Waals surface area contributed by atoms with Crippen molar-refractivity contribution in [1.29, 1.82) is 0 Å². The quantitative estimate of drug-likeness (QED) is 0.599. The molecule has 0 amide bonds. The highest BCUT2D eigenvalue weighted by molar-refractivity contribution is 9.10. The number of pyridine rings is 1. The maximum Gasteiger partial charge on any atom is 0.340 e. The van der Waals surface area contributed by atoms with E-state index < -0.39 is 0 Å². The van der Waals surface area contributed by atoms with Crippen molar-refractivity contribution in [1.82, 2.24) is 4.98 Å². The molecule has 0 atom stereocenters. The molecular formula is C19H16BrNO2. The normalized spacial score (nSPS) is 10.7. The summed E-state index contributed by atoms with van der Waals surface area (Å²) in [7, 11) is 0. The van der Waals surface area contributed by atoms with Gasteiger partial charge in [-0.15, -0.1) is 0 Å². The first-order valence-electron chi connectivity index (χ1n) is 7.44. The maximum atomic E-state index is 12.5. The molecule has 0 fully saturated rings. The fourth-order valence-corrected chi connectivity index (χ4v) is 3.08. The van der Waals surface area contributed by atoms with Gasteiger partial charge < -0.3 is 4.74 Å². The molecule has 3 aromatic rings. The predicted molar refractivity (Wildman–Crippen MR) is 95.6 cm³/mol. The van der Waals surface area contributed by atoms with Crippen LogP contribution in [0.15, 0.2) is 53.0 Å². The molecule has 3 rings (SSSR count). The molecule has 1 aromatic heterocycles. The van der Waals surface area contributed by atoms with Gasteiger partial charge in [-0.3, -0.25) is 4.98 Å². The van der Waals surface area contributed by atoms with Gasteiger partial charge in [0.1, 0.15) is 0 Å². The number of halogens is 1. The van der Waals surface area contributed by atoms with E-state index in [1.807, 2.05) is 55.5 Å². The summed E-state index contributed by atoms with van der Waals surface area (Å²) < 4.78 is 6.21. The van der Waals surface area contributed by atoms with Crippen molar-refractivity contribution in [2.45, 2.75) is 13.8 Å². The minimum Gasteiger partial charge on any atom is -0.462 e. The van der Waals surface area contributed by atoms with E-state index in [0.717, 1.165) is 26.5 Å². The van der Waals surface area contributed by atoms with E-state index in [1.165, 1.54) is 0 Å². The third-order valence-electron chi connectivity index (χ3n) is 3.67. The van der Waals surface area contributed by atoms with Gasteiger partial charge >= 0.3 is 5.97 Å². The van der Waals surface area contributed by atoms with E-state index >= 15 is 0 Å². The lowest BCUT2D eigenvalue weighted by atomic mass is 9.94. The highest BCUT2D eigenvalue weighted by atomic mass is 79.9. The Morgan fingerprint density at radius 2 is 1.91 bits per heavy atom. The zero-order valence-corrected chi connectivity index (χ0v) is 14.6. The summed E-state index contributed by atoms with van der Waals surface area (Å²) in [5.74, 6) is -0.335. The number of hydrogen-bond acceptors (Lipinski definition) is 3. The van der Waals surface area contributed by atoms with E-state index in [-0.39, 0.29) is 5.97 Å². The highest BCUT2D eigenvalue weighted by Gasteiger charge is 2.21. The minimum absolute atomic E-state index is 0.335. The van der Waals surface area contributed by atoms with Gasteiger partial charge in [0.15, 0.2) is 0 Å². The standard InChI is InChI=1S/C19H16BrNO2/c1-3-23-19(22)17-12(2)21-16-10-9-14(20)11-15(16)18(17)13-7-5-4-6-8-13/h4-11H,3H2,1-2H3. The van der Waals surface area contributed by atoms with Gasteiger partial charge in [-0.2, -0.15) is 0 Å². The molecule has 0 radical (unpaired) electrons. The molecular weight excluding hydrogens is 354 g/mol. The molecule has 0 aliphatic heterocycles. The van der Waals surface area contributed by atoms with Gasteiger partial charge in [0.05, 0.1) is 23.4 Å². The summed E-state index contributed by atoms with van der Waals surface area (Å²) in [6.07, 6.45) is 0. The average Bonchev–Trinajstić information content (AvgIpc) is 2.55. The van der Waals surface area contributed by atoms with Crippen LogP contribution in [0.25, 0.3) is 22.0 Å². The summed E-state index contributed by atoms with van der Waals surface area (Å²) in [4.78, 5) is 17.1. The number of aryl methyl sites for hydroxylation is 1. The summed E-state index contributed by atoms with van der Waals surface area (Å²) in [5.41, 5.74) is 3.91. The number of nitrogens with zero attached hydrogens (tertiary/aromatic N) is 1. The summed E-state index contributed by atoms with van der Waals surface area (Å²) >= 11 is 3.51. The second-order valence-corrected chi connectivity index (χ2v) is 6.11. The molecule has 0 saturated heterocycles. The van der Waals surface area contributed by atoms with Crippen LogP contribution in [0.2, 0.25) is 0 Å². The first-order chi connectivity index (χ1) is 11.1. The van der Waals surface area contributed by atoms with Crippen molar-refractivity contribution >= 4 is 32.8 Å². The van der Waals surface area contributed by atoms with Crippen molar-refractivity contribution < 1.29 is 9.53 Å². The van der Waals surface area contributed by atoms with Crippen LogP contribution in [-0.2, 0) is 4.74 Å². The summed E-state index contributed by atoms with van der Waals surface area (Å²) in [6, 6.07) is 15.8. The fourth-order valence-electron chi connectivity index (χ4n) is 2.72. The van der Waals surface area contributed by atoms with Crippen LogP contribution < -0.4 is 0 Å². The SMILES string of the molecule is CCOC(=O)c1c(C)nc2ccc(Br)cc2c1-c1ccccc1. The Morgan fingerprint density at radius 3 is 2.61 bits per heavy atom. The third kappa shape index (κ3) is 2.99. The Balaban J connectivity index is 2.41. The number of carbonyl (C=O) groups is 1. The van der Waals surface area contributed by atoms with Crippen LogP contribution in [0.3, 0.4) is 0 Å². The van der Waals surface area contributed by atoms with E-state index in [9.17, 15) is 4.79 Å². The van der Waals surface area contributed by atoms with Crippen molar-refractivity contribution in [3.8, 4) is 11.1 Å². The number of ether oxygens (including phenoxy) is 1. The molecule has 116 valence electrons. The number of esters is 1. The molecule has 1 heterocycles. The number of fused-ring (bicyclic) bond motifs is 1. The van der Waals surface area contributed by atoms with Crippen molar-refractivity contribution in [2.75, 3.05) is 6.61 Å². The number of hydrogen-bond donors (Lipinski definition) is 0. The van der Waals surface area contributed by atoms with Crippen LogP contribution >= 0.6 is 15.9 Å². The smallest absolute Gasteiger partial charge is 0.340 e. The fraction of sp³-hybridized carbons (Fsp3) is 0.158. The van der Waals surface area contributed by atoms with Gasteiger partial charge in [0, 0.05) is 15.4 Å². The molecule has 0 bridgehead atoms. The van der Waals surface area contributed by atoms with E-state index in [2.05, 4.69) is 20.9 Å². The van der Waals surface area contributed by atoms with E-state index in [0.29, 0.717) is 17.9 Å². The van der Waals surface area contributed by atoms with Crippen LogP contribution in [-0.4, -0.2) is 17.6 Å². The maximum absolute atomic E-state index is 12.5. The largest absolute Gasteiger partial charge is 0.462 e. The summed E-state index contributed by atoms with van der Waals surface area (Å²) in [6.45, 7) is 3.99. The number of benzene rings is 2. The van der Waals surface area contributed by atoms with E-state index in [4.69, 9.17) is 4.74 Å². The third-order valence-corrected chi connectivity index (χ3v) is 4.16. The van der Waals surface area contributed by atoms with E-state index in [1.54, 1.807) is 6.92 Å². The Morgan fingerprint density at radius 1 is 1.17 bits per heavy atom. The first kappa shape index (κ1) is 15.7. The first-order valence-corrected chi connectivity index (χ1v) is 8.23. The Hall–Kier alpha value is -2.20. The van der Waals surface area contributed by atoms with Crippen LogP contribution in [0.1, 0.15) is 23.0 Å². The highest BCUT2D eigenvalue weighted by Crippen LogP contribution is 2.34. The Labute approximate surface area is 143 Å². The molecule has 3 nitrogen and oxygen atoms in total.